The Morgan fingerprint density at radius 1 is 1.11 bits per heavy atom. The van der Waals surface area contributed by atoms with Gasteiger partial charge < -0.3 is 46.3 Å². The lowest BCUT2D eigenvalue weighted by atomic mass is 9.99. The highest BCUT2D eigenvalue weighted by molar-refractivity contribution is 7.80. The molecule has 0 aromatic carbocycles. The van der Waals surface area contributed by atoms with Gasteiger partial charge in [-0.15, -0.1) is 0 Å². The predicted molar refractivity (Wildman–Crippen MR) is 138 cm³/mol. The van der Waals surface area contributed by atoms with Crippen molar-refractivity contribution in [2.75, 3.05) is 13.2 Å². The first-order chi connectivity index (χ1) is 19.7. The summed E-state index contributed by atoms with van der Waals surface area (Å²) < 4.78 is 100. The number of hydrogen-bond acceptors (Lipinski definition) is 11. The Balaban J connectivity index is 0.0000185. The maximum Gasteiger partial charge on any atom is 0.218 e. The van der Waals surface area contributed by atoms with Gasteiger partial charge in [-0.25, -0.2) is 8.42 Å². The average Bonchev–Trinajstić information content (AvgIpc) is 2.89. The van der Waals surface area contributed by atoms with Gasteiger partial charge in [-0.05, 0) is 12.8 Å². The molecule has 0 saturated carbocycles. The van der Waals surface area contributed by atoms with E-state index in [0.717, 1.165) is 38.5 Å². The van der Waals surface area contributed by atoms with Crippen molar-refractivity contribution in [3.8, 4) is 0 Å². The second-order valence-electron chi connectivity index (χ2n) is 8.76. The second kappa shape index (κ2) is 20.2. The van der Waals surface area contributed by atoms with Crippen LogP contribution in [0.25, 0.3) is 0 Å². The Morgan fingerprint density at radius 2 is 1.70 bits per heavy atom. The van der Waals surface area contributed by atoms with E-state index in [-0.39, 0.29) is 19.2 Å². The molecule has 0 aromatic rings. The molecule has 1 rings (SSSR count). The third-order valence-corrected chi connectivity index (χ3v) is 6.24. The lowest BCUT2D eigenvalue weighted by molar-refractivity contribution is -0.298. The van der Waals surface area contributed by atoms with E-state index in [4.69, 9.17) is 24.8 Å². The predicted octanol–water partition coefficient (Wildman–Crippen LogP) is 1.61. The number of rotatable bonds is 20. The van der Waals surface area contributed by atoms with Gasteiger partial charge in [0.05, 0.1) is 25.4 Å². The fourth-order valence-corrected chi connectivity index (χ4v) is 4.22. The van der Waals surface area contributed by atoms with Crippen LogP contribution in [0.15, 0.2) is 12.2 Å². The van der Waals surface area contributed by atoms with Crippen molar-refractivity contribution in [2.24, 2.45) is 5.73 Å². The van der Waals surface area contributed by atoms with Gasteiger partial charge in [-0.3, -0.25) is 4.18 Å². The van der Waals surface area contributed by atoms with E-state index in [9.17, 15) is 33.4 Å². The summed E-state index contributed by atoms with van der Waals surface area (Å²) in [7, 11) is -5.30. The zero-order valence-electron chi connectivity index (χ0n) is 28.4. The van der Waals surface area contributed by atoms with E-state index < -0.39 is 79.5 Å². The molecule has 0 amide bonds. The molecule has 0 unspecified atom stereocenters. The summed E-state index contributed by atoms with van der Waals surface area (Å²) in [5.41, 5.74) is 5.90. The number of ether oxygens (including phenoxy) is 2. The molecule has 1 heterocycles. The van der Waals surface area contributed by atoms with Crippen LogP contribution in [0.5, 0.6) is 0 Å². The SMILES string of the molecule is [2H]C([2H])([2H])C([2H])([2H])C([2H])([2H])CCCCCCCCCC/C=C/[C@@H](O)[C@@H](N)CO[C@@H]1O[C@H](CO)[C@H](O)[C@H](OS(=O)(=O)[O-])[C@H]1O.[NH4+]. The van der Waals surface area contributed by atoms with E-state index in [1.54, 1.807) is 6.08 Å². The largest absolute Gasteiger partial charge is 0.726 e. The summed E-state index contributed by atoms with van der Waals surface area (Å²) >= 11 is 0. The number of unbranched alkanes of at least 4 members (excludes halogenated alkanes) is 8. The highest BCUT2D eigenvalue weighted by atomic mass is 32.3. The Kier molecular flexibility index (Phi) is 13.8. The van der Waals surface area contributed by atoms with Gasteiger partial charge in [0, 0.05) is 9.60 Å². The molecule has 0 spiro atoms. The number of quaternary nitrogens is 1. The van der Waals surface area contributed by atoms with Crippen LogP contribution in [0.4, 0.5) is 0 Å². The highest BCUT2D eigenvalue weighted by Crippen LogP contribution is 2.25. The summed E-state index contributed by atoms with van der Waals surface area (Å²) in [6.07, 6.45) is -4.81. The fourth-order valence-electron chi connectivity index (χ4n) is 3.72. The van der Waals surface area contributed by atoms with Crippen LogP contribution in [0.3, 0.4) is 0 Å². The van der Waals surface area contributed by atoms with Crippen LogP contribution in [-0.4, -0.2) is 89.5 Å². The highest BCUT2D eigenvalue weighted by Gasteiger charge is 2.47. The van der Waals surface area contributed by atoms with Crippen molar-refractivity contribution in [3.63, 3.8) is 0 Å². The normalized spacial score (nSPS) is 30.1. The average molecular weight is 566 g/mol. The zero-order valence-corrected chi connectivity index (χ0v) is 22.2. The van der Waals surface area contributed by atoms with Gasteiger partial charge in [0.1, 0.15) is 24.4 Å². The van der Waals surface area contributed by atoms with Crippen LogP contribution >= 0.6 is 0 Å². The van der Waals surface area contributed by atoms with Gasteiger partial charge in [-0.2, -0.15) is 0 Å². The van der Waals surface area contributed by atoms with Gasteiger partial charge in [0.2, 0.25) is 10.4 Å². The van der Waals surface area contributed by atoms with Crippen molar-refractivity contribution in [3.05, 3.63) is 12.2 Å². The lowest BCUT2D eigenvalue weighted by Crippen LogP contribution is -2.61. The minimum Gasteiger partial charge on any atom is -0.726 e. The number of aliphatic hydroxyl groups is 4. The topological polar surface area (TPSA) is 228 Å². The van der Waals surface area contributed by atoms with Gasteiger partial charge in [0.25, 0.3) is 0 Å². The van der Waals surface area contributed by atoms with E-state index in [1.165, 1.54) is 6.08 Å². The molecule has 0 aliphatic carbocycles. The lowest BCUT2D eigenvalue weighted by Gasteiger charge is -2.41. The Bertz CT molecular complexity index is 947. The maximum atomic E-state index is 10.9. The molecule has 1 fully saturated rings. The van der Waals surface area contributed by atoms with Crippen LogP contribution < -0.4 is 11.9 Å². The van der Waals surface area contributed by atoms with Crippen molar-refractivity contribution >= 4 is 10.4 Å². The van der Waals surface area contributed by atoms with E-state index >= 15 is 0 Å². The molecular formula is C24H50N2O10S. The molecule has 0 radical (unpaired) electrons. The molecule has 10 N–H and O–H groups in total. The minimum absolute atomic E-state index is 0. The first-order valence-electron chi connectivity index (χ1n) is 15.7. The third-order valence-electron chi connectivity index (χ3n) is 5.79. The summed E-state index contributed by atoms with van der Waals surface area (Å²) in [6.45, 7) is -4.18. The third kappa shape index (κ3) is 15.5. The summed E-state index contributed by atoms with van der Waals surface area (Å²) in [5, 5.41) is 39.8. The molecule has 13 heteroatoms. The van der Waals surface area contributed by atoms with Crippen molar-refractivity contribution < 1.29 is 56.6 Å². The van der Waals surface area contributed by atoms with Crippen molar-refractivity contribution in [1.82, 2.24) is 6.15 Å². The minimum atomic E-state index is -5.30. The number of hydrogen-bond donors (Lipinski definition) is 6. The molecule has 12 nitrogen and oxygen atoms in total. The van der Waals surface area contributed by atoms with E-state index in [1.807, 2.05) is 0 Å². The van der Waals surface area contributed by atoms with Gasteiger partial charge in [-0.1, -0.05) is 83.1 Å². The first-order valence-corrected chi connectivity index (χ1v) is 13.6. The Labute approximate surface area is 231 Å². The molecule has 0 aromatic heterocycles. The quantitative estimate of drug-likeness (QED) is 0.0537. The Morgan fingerprint density at radius 3 is 2.27 bits per heavy atom. The molecule has 37 heavy (non-hydrogen) atoms. The molecule has 7 atom stereocenters. The second-order valence-corrected chi connectivity index (χ2v) is 9.77. The summed E-state index contributed by atoms with van der Waals surface area (Å²) in [6, 6.07) is -0.975. The molecule has 222 valence electrons. The molecule has 1 saturated heterocycles. The maximum absolute atomic E-state index is 10.9. The summed E-state index contributed by atoms with van der Waals surface area (Å²) in [5.74, 6) is 0. The molecule has 0 bridgehead atoms. The smallest absolute Gasteiger partial charge is 0.218 e. The number of allylic oxidation sites excluding steroid dienone is 1. The van der Waals surface area contributed by atoms with Crippen LogP contribution in [0.1, 0.15) is 93.4 Å². The molecule has 1 aliphatic heterocycles. The first kappa shape index (κ1) is 25.3. The van der Waals surface area contributed by atoms with Crippen molar-refractivity contribution in [2.45, 2.75) is 127 Å². The number of aliphatic hydroxyl groups excluding tert-OH is 4. The summed E-state index contributed by atoms with van der Waals surface area (Å²) in [4.78, 5) is 0. The van der Waals surface area contributed by atoms with Crippen LogP contribution in [0, 0.1) is 0 Å². The zero-order chi connectivity index (χ0) is 33.1. The van der Waals surface area contributed by atoms with Crippen LogP contribution in [-0.2, 0) is 24.1 Å². The molecular weight excluding hydrogens is 508 g/mol. The fraction of sp³-hybridized carbons (Fsp3) is 0.917. The monoisotopic (exact) mass is 565 g/mol. The van der Waals surface area contributed by atoms with Gasteiger partial charge in [0.15, 0.2) is 6.29 Å². The molecule has 1 aliphatic rings. The van der Waals surface area contributed by atoms with Crippen molar-refractivity contribution in [1.29, 1.82) is 0 Å². The number of nitrogens with two attached hydrogens (primary N) is 1. The Hall–Kier alpha value is -0.710. The van der Waals surface area contributed by atoms with Gasteiger partial charge >= 0.3 is 0 Å². The van der Waals surface area contributed by atoms with Crippen LogP contribution in [0.2, 0.25) is 0 Å². The van der Waals surface area contributed by atoms with E-state index in [0.29, 0.717) is 19.3 Å². The van der Waals surface area contributed by atoms with E-state index in [2.05, 4.69) is 4.18 Å². The standard InChI is InChI=1S/C24H47NO10S.H3N/c1-2-3-4-5-6-7-8-9-10-11-12-13-14-15-19(27)18(25)17-33-24-22(29)23(35-36(30,31)32)21(28)20(16-26)34-24;/h14-15,18-24,26-29H,2-13,16-17,25H2,1H3,(H,30,31,32);1H3/b15-14+;/t18-,19+,20+,21-,22+,23-,24+;/m0./s1/i1D3,2D2,3D2;.